The molecule has 4 nitrogen and oxygen atoms in total. The first-order valence-electron chi connectivity index (χ1n) is 5.93. The van der Waals surface area contributed by atoms with Gasteiger partial charge in [-0.25, -0.2) is 9.97 Å². The lowest BCUT2D eigenvalue weighted by atomic mass is 9.83. The van der Waals surface area contributed by atoms with Crippen molar-refractivity contribution in [1.29, 1.82) is 0 Å². The smallest absolute Gasteiger partial charge is 0.336 e. The monoisotopic (exact) mass is 258 g/mol. The van der Waals surface area contributed by atoms with Crippen LogP contribution >= 0.6 is 0 Å². The number of hydrogen-bond acceptors (Lipinski definition) is 4. The van der Waals surface area contributed by atoms with Crippen LogP contribution in [0.2, 0.25) is 0 Å². The number of rotatable bonds is 1. The zero-order chi connectivity index (χ0) is 12.8. The first-order valence-corrected chi connectivity index (χ1v) is 5.93. The predicted octanol–water partition coefficient (Wildman–Crippen LogP) is 1.29. The Labute approximate surface area is 102 Å². The SMILES string of the molecule is FC(F)(F)c1ccnc(N2C[C@@H]3CCNC[C@@H]32)n1. The highest BCUT2D eigenvalue weighted by Gasteiger charge is 2.42. The van der Waals surface area contributed by atoms with Gasteiger partial charge < -0.3 is 10.2 Å². The largest absolute Gasteiger partial charge is 0.433 e. The summed E-state index contributed by atoms with van der Waals surface area (Å²) < 4.78 is 37.7. The fraction of sp³-hybridized carbons (Fsp3) is 0.636. The van der Waals surface area contributed by atoms with Crippen molar-refractivity contribution in [3.8, 4) is 0 Å². The molecule has 7 heteroatoms. The maximum atomic E-state index is 12.6. The molecule has 18 heavy (non-hydrogen) atoms. The molecule has 2 saturated heterocycles. The average Bonchev–Trinajstić information content (AvgIpc) is 2.30. The van der Waals surface area contributed by atoms with Crippen molar-refractivity contribution in [3.63, 3.8) is 0 Å². The molecule has 3 rings (SSSR count). The second-order valence-electron chi connectivity index (χ2n) is 4.71. The summed E-state index contributed by atoms with van der Waals surface area (Å²) in [6, 6.07) is 1.14. The zero-order valence-electron chi connectivity index (χ0n) is 9.61. The van der Waals surface area contributed by atoms with E-state index >= 15 is 0 Å². The van der Waals surface area contributed by atoms with Crippen molar-refractivity contribution >= 4 is 5.95 Å². The van der Waals surface area contributed by atoms with Crippen LogP contribution in [0.4, 0.5) is 19.1 Å². The van der Waals surface area contributed by atoms with Gasteiger partial charge >= 0.3 is 6.18 Å². The summed E-state index contributed by atoms with van der Waals surface area (Å²) in [4.78, 5) is 9.43. The molecule has 0 amide bonds. The highest BCUT2D eigenvalue weighted by Crippen LogP contribution is 2.34. The molecule has 2 aliphatic rings. The molecule has 0 saturated carbocycles. The van der Waals surface area contributed by atoms with Gasteiger partial charge in [-0.1, -0.05) is 0 Å². The van der Waals surface area contributed by atoms with Crippen LogP contribution < -0.4 is 10.2 Å². The third-order valence-electron chi connectivity index (χ3n) is 3.61. The number of aromatic nitrogens is 2. The number of alkyl halides is 3. The summed E-state index contributed by atoms with van der Waals surface area (Å²) in [5.74, 6) is 0.749. The Bertz CT molecular complexity index is 448. The van der Waals surface area contributed by atoms with Gasteiger partial charge in [0.15, 0.2) is 0 Å². The summed E-state index contributed by atoms with van der Waals surface area (Å²) in [7, 11) is 0. The Kier molecular flexibility index (Phi) is 2.65. The fourth-order valence-electron chi connectivity index (χ4n) is 2.60. The van der Waals surface area contributed by atoms with Crippen LogP contribution in [0.25, 0.3) is 0 Å². The highest BCUT2D eigenvalue weighted by molar-refractivity contribution is 5.38. The summed E-state index contributed by atoms with van der Waals surface area (Å²) in [5, 5.41) is 3.24. The van der Waals surface area contributed by atoms with Crippen LogP contribution in [0, 0.1) is 5.92 Å². The second-order valence-corrected chi connectivity index (χ2v) is 4.71. The van der Waals surface area contributed by atoms with E-state index < -0.39 is 11.9 Å². The number of halogens is 3. The third kappa shape index (κ3) is 1.92. The maximum absolute atomic E-state index is 12.6. The molecule has 0 aliphatic carbocycles. The molecule has 98 valence electrons. The van der Waals surface area contributed by atoms with Gasteiger partial charge in [0, 0.05) is 25.3 Å². The summed E-state index contributed by atoms with van der Waals surface area (Å²) >= 11 is 0. The third-order valence-corrected chi connectivity index (χ3v) is 3.61. The summed E-state index contributed by atoms with van der Waals surface area (Å²) in [6.07, 6.45) is -2.17. The van der Waals surface area contributed by atoms with Crippen molar-refractivity contribution < 1.29 is 13.2 Å². The number of nitrogens with zero attached hydrogens (tertiary/aromatic N) is 3. The van der Waals surface area contributed by atoms with Crippen LogP contribution in [-0.2, 0) is 6.18 Å². The normalized spacial score (nSPS) is 27.6. The van der Waals surface area contributed by atoms with Gasteiger partial charge in [-0.3, -0.25) is 0 Å². The zero-order valence-corrected chi connectivity index (χ0v) is 9.61. The lowest BCUT2D eigenvalue weighted by Gasteiger charge is -2.51. The molecule has 0 radical (unpaired) electrons. The van der Waals surface area contributed by atoms with Crippen molar-refractivity contribution in [1.82, 2.24) is 15.3 Å². The van der Waals surface area contributed by atoms with E-state index in [1.165, 1.54) is 6.20 Å². The Morgan fingerprint density at radius 3 is 2.94 bits per heavy atom. The minimum atomic E-state index is -4.41. The molecular weight excluding hydrogens is 245 g/mol. The van der Waals surface area contributed by atoms with Crippen LogP contribution in [0.15, 0.2) is 12.3 Å². The molecule has 1 N–H and O–H groups in total. The highest BCUT2D eigenvalue weighted by atomic mass is 19.4. The molecule has 0 spiro atoms. The van der Waals surface area contributed by atoms with Crippen molar-refractivity contribution in [3.05, 3.63) is 18.0 Å². The number of nitrogens with one attached hydrogen (secondary N) is 1. The first-order chi connectivity index (χ1) is 8.55. The van der Waals surface area contributed by atoms with E-state index in [1.807, 2.05) is 4.90 Å². The average molecular weight is 258 g/mol. The number of hydrogen-bond donors (Lipinski definition) is 1. The van der Waals surface area contributed by atoms with Gasteiger partial charge in [0.05, 0.1) is 0 Å². The van der Waals surface area contributed by atoms with Gasteiger partial charge in [0.25, 0.3) is 0 Å². The minimum Gasteiger partial charge on any atom is -0.336 e. The number of piperidine rings is 1. The van der Waals surface area contributed by atoms with Gasteiger partial charge in [-0.05, 0) is 24.9 Å². The Morgan fingerprint density at radius 2 is 2.22 bits per heavy atom. The molecule has 1 aromatic rings. The predicted molar refractivity (Wildman–Crippen MR) is 59.1 cm³/mol. The fourth-order valence-corrected chi connectivity index (χ4v) is 2.60. The molecule has 0 unspecified atom stereocenters. The van der Waals surface area contributed by atoms with Crippen LogP contribution in [-0.4, -0.2) is 35.6 Å². The van der Waals surface area contributed by atoms with Gasteiger partial charge in [0.2, 0.25) is 5.95 Å². The molecule has 1 aromatic heterocycles. The molecule has 2 aliphatic heterocycles. The Morgan fingerprint density at radius 1 is 1.39 bits per heavy atom. The summed E-state index contributed by atoms with van der Waals surface area (Å²) in [6.45, 7) is 2.54. The standard InChI is InChI=1S/C11H13F3N4/c12-11(13,14)9-2-4-16-10(17-9)18-6-7-1-3-15-5-8(7)18/h2,4,7-8,15H,1,3,5-6H2/t7-,8-/m0/s1. The first kappa shape index (κ1) is 11.7. The quantitative estimate of drug-likeness (QED) is 0.824. The van der Waals surface area contributed by atoms with Crippen molar-refractivity contribution in [2.24, 2.45) is 5.92 Å². The summed E-state index contributed by atoms with van der Waals surface area (Å²) in [5.41, 5.74) is -0.875. The molecule has 3 heterocycles. The molecule has 0 bridgehead atoms. The van der Waals surface area contributed by atoms with Gasteiger partial charge in [-0.15, -0.1) is 0 Å². The van der Waals surface area contributed by atoms with E-state index in [1.54, 1.807) is 0 Å². The molecular formula is C11H13F3N4. The maximum Gasteiger partial charge on any atom is 0.433 e. The Balaban J connectivity index is 1.81. The van der Waals surface area contributed by atoms with Crippen LogP contribution in [0.5, 0.6) is 0 Å². The number of anilines is 1. The molecule has 2 fully saturated rings. The van der Waals surface area contributed by atoms with Crippen LogP contribution in [0.1, 0.15) is 12.1 Å². The van der Waals surface area contributed by atoms with E-state index in [0.717, 1.165) is 32.1 Å². The van der Waals surface area contributed by atoms with E-state index in [2.05, 4.69) is 15.3 Å². The topological polar surface area (TPSA) is 41.1 Å². The number of fused-ring (bicyclic) bond motifs is 1. The molecule has 2 atom stereocenters. The van der Waals surface area contributed by atoms with Crippen LogP contribution in [0.3, 0.4) is 0 Å². The van der Waals surface area contributed by atoms with Gasteiger partial charge in [-0.2, -0.15) is 13.2 Å². The lowest BCUT2D eigenvalue weighted by molar-refractivity contribution is -0.141. The van der Waals surface area contributed by atoms with E-state index in [4.69, 9.17) is 0 Å². The van der Waals surface area contributed by atoms with Crippen molar-refractivity contribution in [2.75, 3.05) is 24.5 Å². The Hall–Kier alpha value is -1.37. The van der Waals surface area contributed by atoms with E-state index in [9.17, 15) is 13.2 Å². The van der Waals surface area contributed by atoms with E-state index in [-0.39, 0.29) is 12.0 Å². The van der Waals surface area contributed by atoms with Crippen molar-refractivity contribution in [2.45, 2.75) is 18.6 Å². The van der Waals surface area contributed by atoms with Gasteiger partial charge in [0.1, 0.15) is 5.69 Å². The second kappa shape index (κ2) is 4.08. The lowest BCUT2D eigenvalue weighted by Crippen LogP contribution is -2.64. The minimum absolute atomic E-state index is 0.190. The molecule has 0 aromatic carbocycles. The van der Waals surface area contributed by atoms with E-state index in [0.29, 0.717) is 5.92 Å².